The molecular formula is C19H31N3. The molecule has 2 aliphatic rings. The first-order chi connectivity index (χ1) is 10.7. The van der Waals surface area contributed by atoms with Gasteiger partial charge >= 0.3 is 0 Å². The van der Waals surface area contributed by atoms with E-state index in [4.69, 9.17) is 4.98 Å². The molecule has 3 heteroatoms. The molecule has 1 aromatic heterocycles. The summed E-state index contributed by atoms with van der Waals surface area (Å²) in [5.74, 6) is 1.91. The Morgan fingerprint density at radius 3 is 2.50 bits per heavy atom. The Morgan fingerprint density at radius 2 is 1.82 bits per heavy atom. The molecular weight excluding hydrogens is 270 g/mol. The molecule has 0 N–H and O–H groups in total. The summed E-state index contributed by atoms with van der Waals surface area (Å²) in [6.45, 7) is 9.45. The molecule has 2 fully saturated rings. The highest BCUT2D eigenvalue weighted by Gasteiger charge is 2.24. The maximum absolute atomic E-state index is 4.79. The molecule has 0 radical (unpaired) electrons. The highest BCUT2D eigenvalue weighted by atomic mass is 15.2. The average molecular weight is 301 g/mol. The predicted octanol–water partition coefficient (Wildman–Crippen LogP) is 4.25. The third-order valence-electron chi connectivity index (χ3n) is 5.05. The van der Waals surface area contributed by atoms with Crippen LogP contribution in [-0.2, 0) is 0 Å². The number of piperidine rings is 2. The van der Waals surface area contributed by atoms with Crippen LogP contribution in [0.4, 0.5) is 5.82 Å². The summed E-state index contributed by atoms with van der Waals surface area (Å²) in [6, 6.07) is 5.17. The van der Waals surface area contributed by atoms with E-state index in [-0.39, 0.29) is 0 Å². The first-order valence-corrected chi connectivity index (χ1v) is 9.19. The molecule has 0 amide bonds. The van der Waals surface area contributed by atoms with E-state index in [9.17, 15) is 0 Å². The number of hydrogen-bond acceptors (Lipinski definition) is 3. The lowest BCUT2D eigenvalue weighted by Gasteiger charge is -2.37. The lowest BCUT2D eigenvalue weighted by molar-refractivity contribution is 0.132. The van der Waals surface area contributed by atoms with Gasteiger partial charge < -0.3 is 4.90 Å². The fourth-order valence-electron chi connectivity index (χ4n) is 3.96. The number of anilines is 1. The summed E-state index contributed by atoms with van der Waals surface area (Å²) in [6.07, 6.45) is 10.1. The van der Waals surface area contributed by atoms with Gasteiger partial charge in [0.1, 0.15) is 5.82 Å². The summed E-state index contributed by atoms with van der Waals surface area (Å²) in [4.78, 5) is 9.91. The first kappa shape index (κ1) is 15.8. The third kappa shape index (κ3) is 3.81. The molecule has 22 heavy (non-hydrogen) atoms. The average Bonchev–Trinajstić information content (AvgIpc) is 2.56. The number of hydrogen-bond donors (Lipinski definition) is 0. The van der Waals surface area contributed by atoms with Crippen LogP contribution in [0.1, 0.15) is 64.0 Å². The molecule has 3 nitrogen and oxygen atoms in total. The molecule has 0 saturated carbocycles. The van der Waals surface area contributed by atoms with Crippen molar-refractivity contribution in [1.82, 2.24) is 9.88 Å². The van der Waals surface area contributed by atoms with E-state index >= 15 is 0 Å². The van der Waals surface area contributed by atoms with Crippen LogP contribution in [0.15, 0.2) is 18.3 Å². The van der Waals surface area contributed by atoms with Crippen molar-refractivity contribution in [2.75, 3.05) is 31.1 Å². The van der Waals surface area contributed by atoms with Crippen molar-refractivity contribution in [1.29, 1.82) is 0 Å². The SMILES string of the molecule is CC(C)CN1CCCC[C@@H]1c1ccc(N2CCCCC2)nc1. The summed E-state index contributed by atoms with van der Waals surface area (Å²) in [5, 5.41) is 0. The van der Waals surface area contributed by atoms with Crippen LogP contribution >= 0.6 is 0 Å². The van der Waals surface area contributed by atoms with Gasteiger partial charge in [0.25, 0.3) is 0 Å². The van der Waals surface area contributed by atoms with Gasteiger partial charge in [0.2, 0.25) is 0 Å². The highest BCUT2D eigenvalue weighted by molar-refractivity contribution is 5.40. The van der Waals surface area contributed by atoms with Crippen molar-refractivity contribution in [2.24, 2.45) is 5.92 Å². The molecule has 0 unspecified atom stereocenters. The van der Waals surface area contributed by atoms with Crippen molar-refractivity contribution in [3.05, 3.63) is 23.9 Å². The zero-order valence-corrected chi connectivity index (χ0v) is 14.3. The maximum Gasteiger partial charge on any atom is 0.128 e. The third-order valence-corrected chi connectivity index (χ3v) is 5.05. The van der Waals surface area contributed by atoms with Gasteiger partial charge in [0.05, 0.1) is 0 Å². The first-order valence-electron chi connectivity index (χ1n) is 9.19. The maximum atomic E-state index is 4.79. The predicted molar refractivity (Wildman–Crippen MR) is 93.3 cm³/mol. The highest BCUT2D eigenvalue weighted by Crippen LogP contribution is 2.32. The molecule has 0 aromatic carbocycles. The molecule has 0 spiro atoms. The van der Waals surface area contributed by atoms with Crippen LogP contribution in [0.25, 0.3) is 0 Å². The Hall–Kier alpha value is -1.09. The second-order valence-electron chi connectivity index (χ2n) is 7.40. The molecule has 122 valence electrons. The minimum absolute atomic E-state index is 0.582. The van der Waals surface area contributed by atoms with Crippen LogP contribution in [0.2, 0.25) is 0 Å². The lowest BCUT2D eigenvalue weighted by atomic mass is 9.95. The van der Waals surface area contributed by atoms with Crippen LogP contribution in [0.3, 0.4) is 0 Å². The van der Waals surface area contributed by atoms with Gasteiger partial charge in [-0.3, -0.25) is 4.90 Å². The number of aromatic nitrogens is 1. The van der Waals surface area contributed by atoms with Crippen LogP contribution < -0.4 is 4.90 Å². The van der Waals surface area contributed by atoms with Gasteiger partial charge in [0.15, 0.2) is 0 Å². The van der Waals surface area contributed by atoms with Gasteiger partial charge in [0, 0.05) is 31.9 Å². The molecule has 0 bridgehead atoms. The van der Waals surface area contributed by atoms with Crippen LogP contribution in [-0.4, -0.2) is 36.1 Å². The van der Waals surface area contributed by atoms with E-state index in [1.165, 1.54) is 76.1 Å². The van der Waals surface area contributed by atoms with Crippen molar-refractivity contribution >= 4 is 5.82 Å². The quantitative estimate of drug-likeness (QED) is 0.828. The molecule has 3 rings (SSSR count). The number of nitrogens with zero attached hydrogens (tertiary/aromatic N) is 3. The summed E-state index contributed by atoms with van der Waals surface area (Å²) in [5.41, 5.74) is 1.42. The molecule has 3 heterocycles. The second kappa shape index (κ2) is 7.45. The van der Waals surface area contributed by atoms with Crippen molar-refractivity contribution in [3.8, 4) is 0 Å². The van der Waals surface area contributed by atoms with Crippen molar-refractivity contribution < 1.29 is 0 Å². The van der Waals surface area contributed by atoms with E-state index in [0.717, 1.165) is 5.92 Å². The fraction of sp³-hybridized carbons (Fsp3) is 0.737. The molecule has 2 saturated heterocycles. The number of pyridine rings is 1. The topological polar surface area (TPSA) is 19.4 Å². The van der Waals surface area contributed by atoms with E-state index in [2.05, 4.69) is 42.0 Å². The monoisotopic (exact) mass is 301 g/mol. The lowest BCUT2D eigenvalue weighted by Crippen LogP contribution is -2.36. The van der Waals surface area contributed by atoms with E-state index in [1.807, 2.05) is 0 Å². The zero-order valence-electron chi connectivity index (χ0n) is 14.3. The Bertz CT molecular complexity index is 448. The second-order valence-corrected chi connectivity index (χ2v) is 7.40. The van der Waals surface area contributed by atoms with Crippen molar-refractivity contribution in [2.45, 2.75) is 58.4 Å². The van der Waals surface area contributed by atoms with Gasteiger partial charge in [-0.1, -0.05) is 26.3 Å². The van der Waals surface area contributed by atoms with Crippen LogP contribution in [0.5, 0.6) is 0 Å². The van der Waals surface area contributed by atoms with E-state index in [0.29, 0.717) is 6.04 Å². The van der Waals surface area contributed by atoms with Crippen molar-refractivity contribution in [3.63, 3.8) is 0 Å². The Balaban J connectivity index is 1.70. The minimum atomic E-state index is 0.582. The Kier molecular flexibility index (Phi) is 5.35. The fourth-order valence-corrected chi connectivity index (χ4v) is 3.96. The Labute approximate surface area is 135 Å². The van der Waals surface area contributed by atoms with E-state index in [1.54, 1.807) is 0 Å². The summed E-state index contributed by atoms with van der Waals surface area (Å²) < 4.78 is 0. The summed E-state index contributed by atoms with van der Waals surface area (Å²) in [7, 11) is 0. The van der Waals surface area contributed by atoms with Gasteiger partial charge in [-0.15, -0.1) is 0 Å². The standard InChI is InChI=1S/C19H31N3/c1-16(2)15-22-13-7-4-8-18(22)17-9-10-19(20-14-17)21-11-5-3-6-12-21/h9-10,14,16,18H,3-8,11-13,15H2,1-2H3/t18-/m1/s1. The molecule has 1 atom stereocenters. The van der Waals surface area contributed by atoms with Gasteiger partial charge in [-0.05, 0) is 56.2 Å². The Morgan fingerprint density at radius 1 is 1.05 bits per heavy atom. The van der Waals surface area contributed by atoms with Crippen LogP contribution in [0, 0.1) is 5.92 Å². The number of likely N-dealkylation sites (tertiary alicyclic amines) is 1. The number of rotatable bonds is 4. The largest absolute Gasteiger partial charge is 0.357 e. The molecule has 0 aliphatic carbocycles. The van der Waals surface area contributed by atoms with Gasteiger partial charge in [-0.25, -0.2) is 4.98 Å². The van der Waals surface area contributed by atoms with Gasteiger partial charge in [-0.2, -0.15) is 0 Å². The zero-order chi connectivity index (χ0) is 15.4. The normalized spacial score (nSPS) is 24.0. The molecule has 1 aromatic rings. The summed E-state index contributed by atoms with van der Waals surface area (Å²) >= 11 is 0. The smallest absolute Gasteiger partial charge is 0.128 e. The minimum Gasteiger partial charge on any atom is -0.357 e. The van der Waals surface area contributed by atoms with E-state index < -0.39 is 0 Å². The molecule has 2 aliphatic heterocycles.